The summed E-state index contributed by atoms with van der Waals surface area (Å²) in [5, 5.41) is 10.3. The van der Waals surface area contributed by atoms with Crippen LogP contribution in [0.15, 0.2) is 22.9 Å². The molecule has 0 spiro atoms. The Balaban J connectivity index is 1.60. The van der Waals surface area contributed by atoms with Crippen LogP contribution in [0.5, 0.6) is 0 Å². The van der Waals surface area contributed by atoms with E-state index in [0.717, 1.165) is 12.4 Å². The van der Waals surface area contributed by atoms with Crippen LogP contribution in [0.2, 0.25) is 0 Å². The first-order chi connectivity index (χ1) is 10.1. The van der Waals surface area contributed by atoms with Crippen molar-refractivity contribution in [2.45, 2.75) is 18.5 Å². The zero-order valence-electron chi connectivity index (χ0n) is 10.9. The average Bonchev–Trinajstić information content (AvgIpc) is 3.05. The molecule has 0 bridgehead atoms. The number of hydrogen-bond donors (Lipinski definition) is 1. The molecular weight excluding hydrogens is 294 g/mol. The summed E-state index contributed by atoms with van der Waals surface area (Å²) in [4.78, 5) is 28.8. The molecule has 7 nitrogen and oxygen atoms in total. The lowest BCUT2D eigenvalue weighted by molar-refractivity contribution is -0.141. The number of carbonyl (C=O) groups is 2. The van der Waals surface area contributed by atoms with Gasteiger partial charge in [0.2, 0.25) is 0 Å². The van der Waals surface area contributed by atoms with Crippen LogP contribution in [-0.2, 0) is 27.5 Å². The van der Waals surface area contributed by atoms with Crippen LogP contribution in [0, 0.1) is 0 Å². The van der Waals surface area contributed by atoms with Crippen molar-refractivity contribution in [2.75, 3.05) is 6.61 Å². The Hall–Kier alpha value is -2.06. The normalized spacial score (nSPS) is 25.4. The Morgan fingerprint density at radius 1 is 1.57 bits per heavy atom. The summed E-state index contributed by atoms with van der Waals surface area (Å²) in [5.74, 6) is -0.493. The van der Waals surface area contributed by atoms with Gasteiger partial charge in [-0.15, -0.1) is 11.8 Å². The van der Waals surface area contributed by atoms with E-state index in [-0.39, 0.29) is 17.0 Å². The van der Waals surface area contributed by atoms with Crippen molar-refractivity contribution in [1.82, 2.24) is 14.5 Å². The second-order valence-electron chi connectivity index (χ2n) is 4.90. The number of thioether (sulfide) groups is 1. The lowest BCUT2D eigenvalue weighted by Crippen LogP contribution is -2.51. The van der Waals surface area contributed by atoms with Gasteiger partial charge < -0.3 is 14.4 Å². The van der Waals surface area contributed by atoms with Crippen molar-refractivity contribution in [1.29, 1.82) is 0 Å². The number of hydrogen-bond acceptors (Lipinski definition) is 5. The number of nitrogens with zero attached hydrogens (tertiary/aromatic N) is 3. The van der Waals surface area contributed by atoms with Crippen LogP contribution in [0.1, 0.15) is 11.5 Å². The fraction of sp³-hybridized carbons (Fsp3) is 0.308. The van der Waals surface area contributed by atoms with Gasteiger partial charge in [0.15, 0.2) is 0 Å². The van der Waals surface area contributed by atoms with Crippen LogP contribution in [0.4, 0.5) is 0 Å². The summed E-state index contributed by atoms with van der Waals surface area (Å²) in [6, 6.07) is 0. The molecule has 0 aromatic carbocycles. The van der Waals surface area contributed by atoms with E-state index in [1.807, 2.05) is 10.8 Å². The van der Waals surface area contributed by atoms with Gasteiger partial charge in [0, 0.05) is 18.1 Å². The SMILES string of the molecule is O=C(O)C1=CS[C@@H]2/C(=C\c3cn4c(n3)COCC4)C(=O)N12. The van der Waals surface area contributed by atoms with Crippen LogP contribution in [-0.4, -0.2) is 43.4 Å². The minimum absolute atomic E-state index is 0.0460. The van der Waals surface area contributed by atoms with Gasteiger partial charge in [-0.05, 0) is 6.08 Å². The van der Waals surface area contributed by atoms with Gasteiger partial charge >= 0.3 is 5.97 Å². The molecule has 1 aromatic heterocycles. The zero-order valence-corrected chi connectivity index (χ0v) is 11.7. The quantitative estimate of drug-likeness (QED) is 0.637. The summed E-state index contributed by atoms with van der Waals surface area (Å²) in [6.45, 7) is 1.90. The second-order valence-corrected chi connectivity index (χ2v) is 5.85. The molecule has 8 heteroatoms. The van der Waals surface area contributed by atoms with E-state index in [4.69, 9.17) is 9.84 Å². The summed E-state index contributed by atoms with van der Waals surface area (Å²) in [5.41, 5.74) is 1.34. The lowest BCUT2D eigenvalue weighted by atomic mass is 10.0. The third-order valence-corrected chi connectivity index (χ3v) is 4.72. The van der Waals surface area contributed by atoms with Crippen LogP contribution in [0.25, 0.3) is 6.08 Å². The van der Waals surface area contributed by atoms with Crippen molar-refractivity contribution < 1.29 is 19.4 Å². The number of β-lactam (4-membered cyclic amide) rings is 1. The summed E-state index contributed by atoms with van der Waals surface area (Å²) < 4.78 is 7.34. The number of aliphatic carboxylic acids is 1. The Morgan fingerprint density at radius 3 is 3.19 bits per heavy atom. The van der Waals surface area contributed by atoms with E-state index >= 15 is 0 Å². The number of aromatic nitrogens is 2. The largest absolute Gasteiger partial charge is 0.477 e. The standard InChI is InChI=1S/C13H11N3O4S/c17-11-8(12-16(11)9(6-21-12)13(18)19)3-7-4-15-1-2-20-5-10(15)14-7/h3-4,6,12H,1-2,5H2,(H,18,19)/b8-3-/t12-/m1/s1. The monoisotopic (exact) mass is 305 g/mol. The van der Waals surface area contributed by atoms with E-state index in [0.29, 0.717) is 24.5 Å². The molecule has 108 valence electrons. The number of imidazole rings is 1. The second kappa shape index (κ2) is 4.47. The Kier molecular flexibility index (Phi) is 2.69. The highest BCUT2D eigenvalue weighted by molar-refractivity contribution is 8.03. The maximum Gasteiger partial charge on any atom is 0.353 e. The number of rotatable bonds is 2. The number of carboxylic acids is 1. The summed E-state index contributed by atoms with van der Waals surface area (Å²) in [6.07, 6.45) is 3.63. The Morgan fingerprint density at radius 2 is 2.43 bits per heavy atom. The molecule has 3 aliphatic heterocycles. The van der Waals surface area contributed by atoms with Crippen LogP contribution in [0.3, 0.4) is 0 Å². The first-order valence-corrected chi connectivity index (χ1v) is 7.37. The summed E-state index contributed by atoms with van der Waals surface area (Å²) in [7, 11) is 0. The van der Waals surface area contributed by atoms with Crippen molar-refractivity contribution in [3.05, 3.63) is 34.4 Å². The molecule has 1 atom stereocenters. The lowest BCUT2D eigenvalue weighted by Gasteiger charge is -2.36. The van der Waals surface area contributed by atoms with Crippen LogP contribution >= 0.6 is 11.8 Å². The van der Waals surface area contributed by atoms with Crippen molar-refractivity contribution in [3.63, 3.8) is 0 Å². The Bertz CT molecular complexity index is 697. The molecule has 0 saturated carbocycles. The maximum atomic E-state index is 12.1. The van der Waals surface area contributed by atoms with Gasteiger partial charge in [-0.25, -0.2) is 9.78 Å². The summed E-state index contributed by atoms with van der Waals surface area (Å²) >= 11 is 1.33. The topological polar surface area (TPSA) is 84.7 Å². The molecular formula is C13H11N3O4S. The molecule has 1 aromatic rings. The molecule has 4 heterocycles. The molecule has 21 heavy (non-hydrogen) atoms. The minimum Gasteiger partial charge on any atom is -0.477 e. The van der Waals surface area contributed by atoms with Gasteiger partial charge in [0.05, 0.1) is 17.9 Å². The number of fused-ring (bicyclic) bond motifs is 2. The molecule has 1 N–H and O–H groups in total. The van der Waals surface area contributed by atoms with Gasteiger partial charge in [0.25, 0.3) is 5.91 Å². The minimum atomic E-state index is -1.08. The fourth-order valence-electron chi connectivity index (χ4n) is 2.61. The third-order valence-electron chi connectivity index (χ3n) is 3.64. The number of carboxylic acid groups (broad SMARTS) is 1. The highest BCUT2D eigenvalue weighted by Gasteiger charge is 2.49. The van der Waals surface area contributed by atoms with E-state index < -0.39 is 5.97 Å². The maximum absolute atomic E-state index is 12.1. The van der Waals surface area contributed by atoms with Gasteiger partial charge in [0.1, 0.15) is 23.5 Å². The first kappa shape index (κ1) is 12.7. The molecule has 0 unspecified atom stereocenters. The van der Waals surface area contributed by atoms with E-state index in [9.17, 15) is 9.59 Å². The van der Waals surface area contributed by atoms with Gasteiger partial charge in [-0.3, -0.25) is 9.69 Å². The average molecular weight is 305 g/mol. The molecule has 1 amide bonds. The predicted octanol–water partition coefficient (Wildman–Crippen LogP) is 0.638. The number of carbonyl (C=O) groups excluding carboxylic acids is 1. The molecule has 4 rings (SSSR count). The van der Waals surface area contributed by atoms with Crippen molar-refractivity contribution in [2.24, 2.45) is 0 Å². The van der Waals surface area contributed by atoms with Crippen molar-refractivity contribution in [3.8, 4) is 0 Å². The molecule has 0 aliphatic carbocycles. The predicted molar refractivity (Wildman–Crippen MR) is 73.8 cm³/mol. The number of amides is 1. The smallest absolute Gasteiger partial charge is 0.353 e. The molecule has 3 aliphatic rings. The van der Waals surface area contributed by atoms with Crippen LogP contribution < -0.4 is 0 Å². The first-order valence-electron chi connectivity index (χ1n) is 6.43. The van der Waals surface area contributed by atoms with Gasteiger partial charge in [-0.1, -0.05) is 0 Å². The fourth-order valence-corrected chi connectivity index (χ4v) is 3.73. The molecule has 1 saturated heterocycles. The molecule has 1 fully saturated rings. The van der Waals surface area contributed by atoms with E-state index in [1.165, 1.54) is 22.1 Å². The van der Waals surface area contributed by atoms with E-state index in [2.05, 4.69) is 4.98 Å². The van der Waals surface area contributed by atoms with Gasteiger partial charge in [-0.2, -0.15) is 0 Å². The third kappa shape index (κ3) is 1.83. The van der Waals surface area contributed by atoms with E-state index in [1.54, 1.807) is 6.08 Å². The zero-order chi connectivity index (χ0) is 14.6. The Labute approximate surface area is 123 Å². The van der Waals surface area contributed by atoms with Crippen molar-refractivity contribution >= 4 is 29.7 Å². The number of ether oxygens (including phenoxy) is 1. The highest BCUT2D eigenvalue weighted by atomic mass is 32.2. The molecule has 0 radical (unpaired) electrons. The highest BCUT2D eigenvalue weighted by Crippen LogP contribution is 2.44.